The molecule has 18 heavy (non-hydrogen) atoms. The standard InChI is InChI=1S/C13H22N2O2S/c16-13(9-18-12-3-5-14-6-4-12)15-7-10-1-2-11(8-15)17-10/h10-12,14H,1-9H2. The van der Waals surface area contributed by atoms with Crippen molar-refractivity contribution in [2.45, 2.75) is 43.1 Å². The second kappa shape index (κ2) is 5.80. The zero-order valence-electron chi connectivity index (χ0n) is 10.8. The van der Waals surface area contributed by atoms with Gasteiger partial charge in [0.2, 0.25) is 5.91 Å². The smallest absolute Gasteiger partial charge is 0.232 e. The minimum atomic E-state index is 0.316. The summed E-state index contributed by atoms with van der Waals surface area (Å²) in [4.78, 5) is 14.2. The summed E-state index contributed by atoms with van der Waals surface area (Å²) in [7, 11) is 0. The van der Waals surface area contributed by atoms with E-state index in [4.69, 9.17) is 4.74 Å². The van der Waals surface area contributed by atoms with E-state index in [2.05, 4.69) is 5.32 Å². The van der Waals surface area contributed by atoms with E-state index in [1.807, 2.05) is 16.7 Å². The number of thioether (sulfide) groups is 1. The molecular formula is C13H22N2O2S. The van der Waals surface area contributed by atoms with E-state index in [9.17, 15) is 4.79 Å². The first-order chi connectivity index (χ1) is 8.81. The van der Waals surface area contributed by atoms with E-state index in [1.165, 1.54) is 12.8 Å². The second-order valence-corrected chi connectivity index (χ2v) is 6.81. The molecule has 0 aromatic rings. The van der Waals surface area contributed by atoms with Crippen LogP contribution in [0.15, 0.2) is 0 Å². The fourth-order valence-electron chi connectivity index (χ4n) is 3.06. The monoisotopic (exact) mass is 270 g/mol. The van der Waals surface area contributed by atoms with Crippen molar-refractivity contribution < 1.29 is 9.53 Å². The number of likely N-dealkylation sites (tertiary alicyclic amines) is 1. The number of nitrogens with zero attached hydrogens (tertiary/aromatic N) is 1. The van der Waals surface area contributed by atoms with Crippen LogP contribution in [0.2, 0.25) is 0 Å². The quantitative estimate of drug-likeness (QED) is 0.826. The number of carbonyl (C=O) groups is 1. The number of morpholine rings is 1. The van der Waals surface area contributed by atoms with Gasteiger partial charge in [0, 0.05) is 18.3 Å². The van der Waals surface area contributed by atoms with Gasteiger partial charge < -0.3 is 15.0 Å². The molecule has 3 aliphatic heterocycles. The van der Waals surface area contributed by atoms with Crippen LogP contribution in [-0.2, 0) is 9.53 Å². The van der Waals surface area contributed by atoms with Crippen LogP contribution in [0.25, 0.3) is 0 Å². The van der Waals surface area contributed by atoms with Gasteiger partial charge >= 0.3 is 0 Å². The van der Waals surface area contributed by atoms with Crippen molar-refractivity contribution >= 4 is 17.7 Å². The first kappa shape index (κ1) is 12.8. The van der Waals surface area contributed by atoms with E-state index in [0.29, 0.717) is 29.1 Å². The highest BCUT2D eigenvalue weighted by Crippen LogP contribution is 2.27. The first-order valence-corrected chi connectivity index (χ1v) is 8.11. The molecule has 3 heterocycles. The molecule has 2 unspecified atom stereocenters. The van der Waals surface area contributed by atoms with Gasteiger partial charge in [0.25, 0.3) is 0 Å². The molecule has 3 saturated heterocycles. The molecule has 0 aromatic carbocycles. The van der Waals surface area contributed by atoms with E-state index in [1.54, 1.807) is 0 Å². The summed E-state index contributed by atoms with van der Waals surface area (Å²) in [5.41, 5.74) is 0. The van der Waals surface area contributed by atoms with Crippen molar-refractivity contribution in [3.05, 3.63) is 0 Å². The fourth-order valence-corrected chi connectivity index (χ4v) is 4.19. The summed E-state index contributed by atoms with van der Waals surface area (Å²) < 4.78 is 5.76. The van der Waals surface area contributed by atoms with Gasteiger partial charge in [-0.15, -0.1) is 11.8 Å². The largest absolute Gasteiger partial charge is 0.371 e. The van der Waals surface area contributed by atoms with Crippen LogP contribution in [0, 0.1) is 0 Å². The number of piperidine rings is 1. The minimum absolute atomic E-state index is 0.316. The highest BCUT2D eigenvalue weighted by Gasteiger charge is 2.35. The summed E-state index contributed by atoms with van der Waals surface area (Å²) in [6, 6.07) is 0. The molecule has 0 aliphatic carbocycles. The maximum atomic E-state index is 12.2. The summed E-state index contributed by atoms with van der Waals surface area (Å²) in [5.74, 6) is 0.975. The number of carbonyl (C=O) groups excluding carboxylic acids is 1. The zero-order valence-corrected chi connectivity index (χ0v) is 11.6. The molecule has 0 saturated carbocycles. The van der Waals surface area contributed by atoms with Gasteiger partial charge in [0.15, 0.2) is 0 Å². The van der Waals surface area contributed by atoms with Crippen molar-refractivity contribution in [1.82, 2.24) is 10.2 Å². The third kappa shape index (κ3) is 3.00. The van der Waals surface area contributed by atoms with E-state index < -0.39 is 0 Å². The molecule has 2 bridgehead atoms. The maximum absolute atomic E-state index is 12.2. The van der Waals surface area contributed by atoms with Gasteiger partial charge in [-0.2, -0.15) is 0 Å². The lowest BCUT2D eigenvalue weighted by molar-refractivity contribution is -0.136. The SMILES string of the molecule is O=C(CSC1CCNCC1)N1CC2CCC(C1)O2. The summed E-state index contributed by atoms with van der Waals surface area (Å²) in [5, 5.41) is 4.03. The number of hydrogen-bond donors (Lipinski definition) is 1. The van der Waals surface area contributed by atoms with E-state index in [0.717, 1.165) is 39.0 Å². The first-order valence-electron chi connectivity index (χ1n) is 7.07. The lowest BCUT2D eigenvalue weighted by Gasteiger charge is -2.32. The molecule has 3 aliphatic rings. The number of rotatable bonds is 3. The summed E-state index contributed by atoms with van der Waals surface area (Å²) >= 11 is 1.85. The fraction of sp³-hybridized carbons (Fsp3) is 0.923. The molecule has 3 rings (SSSR count). The average molecular weight is 270 g/mol. The Morgan fingerprint density at radius 3 is 2.50 bits per heavy atom. The molecule has 0 aromatic heterocycles. The lowest BCUT2D eigenvalue weighted by atomic mass is 10.2. The van der Waals surface area contributed by atoms with Gasteiger partial charge in [-0.3, -0.25) is 4.79 Å². The van der Waals surface area contributed by atoms with Crippen molar-refractivity contribution in [2.75, 3.05) is 31.9 Å². The van der Waals surface area contributed by atoms with E-state index >= 15 is 0 Å². The molecule has 102 valence electrons. The third-order valence-electron chi connectivity index (χ3n) is 4.12. The van der Waals surface area contributed by atoms with Crippen LogP contribution in [0.5, 0.6) is 0 Å². The molecule has 0 spiro atoms. The Balaban J connectivity index is 1.43. The Morgan fingerprint density at radius 2 is 1.83 bits per heavy atom. The van der Waals surface area contributed by atoms with Crippen LogP contribution in [-0.4, -0.2) is 60.2 Å². The van der Waals surface area contributed by atoms with Crippen LogP contribution < -0.4 is 5.32 Å². The number of hydrogen-bond acceptors (Lipinski definition) is 4. The molecule has 1 N–H and O–H groups in total. The second-order valence-electron chi connectivity index (χ2n) is 5.52. The number of fused-ring (bicyclic) bond motifs is 2. The molecule has 0 radical (unpaired) electrons. The maximum Gasteiger partial charge on any atom is 0.232 e. The van der Waals surface area contributed by atoms with Crippen molar-refractivity contribution in [3.63, 3.8) is 0 Å². The molecule has 3 fully saturated rings. The molecular weight excluding hydrogens is 248 g/mol. The lowest BCUT2D eigenvalue weighted by Crippen LogP contribution is -2.46. The van der Waals surface area contributed by atoms with Crippen molar-refractivity contribution in [3.8, 4) is 0 Å². The number of amides is 1. The predicted molar refractivity (Wildman–Crippen MR) is 72.8 cm³/mol. The average Bonchev–Trinajstić information content (AvgIpc) is 2.76. The highest BCUT2D eigenvalue weighted by molar-refractivity contribution is 8.00. The van der Waals surface area contributed by atoms with Gasteiger partial charge in [0.05, 0.1) is 18.0 Å². The zero-order chi connectivity index (χ0) is 12.4. The molecule has 4 nitrogen and oxygen atoms in total. The normalized spacial score (nSPS) is 32.8. The Labute approximate surface area is 113 Å². The van der Waals surface area contributed by atoms with Crippen LogP contribution >= 0.6 is 11.8 Å². The predicted octanol–water partition coefficient (Wildman–Crippen LogP) is 0.861. The molecule has 1 amide bonds. The van der Waals surface area contributed by atoms with Crippen LogP contribution in [0.1, 0.15) is 25.7 Å². The third-order valence-corrected chi connectivity index (χ3v) is 5.48. The Bertz CT molecular complexity index is 295. The van der Waals surface area contributed by atoms with Gasteiger partial charge in [-0.05, 0) is 38.8 Å². The van der Waals surface area contributed by atoms with E-state index in [-0.39, 0.29) is 0 Å². The van der Waals surface area contributed by atoms with Gasteiger partial charge in [0.1, 0.15) is 0 Å². The van der Waals surface area contributed by atoms with Gasteiger partial charge in [-0.25, -0.2) is 0 Å². The number of ether oxygens (including phenoxy) is 1. The van der Waals surface area contributed by atoms with Crippen molar-refractivity contribution in [2.24, 2.45) is 0 Å². The summed E-state index contributed by atoms with van der Waals surface area (Å²) in [6.45, 7) is 3.85. The Kier molecular flexibility index (Phi) is 4.11. The minimum Gasteiger partial charge on any atom is -0.371 e. The van der Waals surface area contributed by atoms with Crippen LogP contribution in [0.4, 0.5) is 0 Å². The van der Waals surface area contributed by atoms with Crippen LogP contribution in [0.3, 0.4) is 0 Å². The summed E-state index contributed by atoms with van der Waals surface area (Å²) in [6.07, 6.45) is 5.30. The Morgan fingerprint density at radius 1 is 1.17 bits per heavy atom. The Hall–Kier alpha value is -0.260. The highest BCUT2D eigenvalue weighted by atomic mass is 32.2. The van der Waals surface area contributed by atoms with Gasteiger partial charge in [-0.1, -0.05) is 0 Å². The topological polar surface area (TPSA) is 41.6 Å². The number of nitrogens with one attached hydrogen (secondary N) is 1. The molecule has 5 heteroatoms. The molecule has 2 atom stereocenters. The van der Waals surface area contributed by atoms with Crippen molar-refractivity contribution in [1.29, 1.82) is 0 Å².